The quantitative estimate of drug-likeness (QED) is 0.596. The van der Waals surface area contributed by atoms with E-state index >= 15 is 0 Å². The van der Waals surface area contributed by atoms with Gasteiger partial charge in [0, 0.05) is 6.54 Å². The standard InChI is InChI=1S/C20H19FN4O5S/c21-15-6-8-16(9-7-15)31(28,29)25-12-14(13-4-2-1-3-5-13)10-17(25)19-23-18(24-30-19)11-22-20(26)27/h1-9,14,17,22H,10-12H2,(H,26,27)/t14-,17+/m1/s1. The molecule has 162 valence electrons. The molecular weight excluding hydrogens is 427 g/mol. The highest BCUT2D eigenvalue weighted by Crippen LogP contribution is 2.43. The first-order chi connectivity index (χ1) is 14.8. The topological polar surface area (TPSA) is 126 Å². The van der Waals surface area contributed by atoms with Crippen molar-refractivity contribution in [3.8, 4) is 0 Å². The summed E-state index contributed by atoms with van der Waals surface area (Å²) < 4.78 is 46.6. The maximum absolute atomic E-state index is 13.4. The Morgan fingerprint density at radius 2 is 1.90 bits per heavy atom. The number of rotatable bonds is 6. The molecule has 0 bridgehead atoms. The molecule has 1 aliphatic heterocycles. The van der Waals surface area contributed by atoms with Gasteiger partial charge in [0.1, 0.15) is 11.9 Å². The van der Waals surface area contributed by atoms with Gasteiger partial charge in [-0.15, -0.1) is 0 Å². The molecule has 9 nitrogen and oxygen atoms in total. The van der Waals surface area contributed by atoms with Crippen molar-refractivity contribution < 1.29 is 27.2 Å². The van der Waals surface area contributed by atoms with Crippen molar-refractivity contribution in [1.29, 1.82) is 0 Å². The molecular formula is C20H19FN4O5S. The third-order valence-corrected chi connectivity index (χ3v) is 7.00. The summed E-state index contributed by atoms with van der Waals surface area (Å²) in [6.07, 6.45) is -0.838. The van der Waals surface area contributed by atoms with Gasteiger partial charge < -0.3 is 14.9 Å². The molecule has 31 heavy (non-hydrogen) atoms. The normalized spacial score (nSPS) is 19.4. The second-order valence-electron chi connectivity index (χ2n) is 7.10. The number of amides is 1. The Morgan fingerprint density at radius 3 is 2.58 bits per heavy atom. The minimum atomic E-state index is -3.98. The van der Waals surface area contributed by atoms with Crippen LogP contribution in [-0.4, -0.2) is 40.6 Å². The van der Waals surface area contributed by atoms with E-state index in [0.717, 1.165) is 17.7 Å². The SMILES string of the molecule is O=C(O)NCc1noc([C@@H]2C[C@@H](c3ccccc3)CN2S(=O)(=O)c2ccc(F)cc2)n1. The average molecular weight is 446 g/mol. The van der Waals surface area contributed by atoms with E-state index < -0.39 is 28.0 Å². The lowest BCUT2D eigenvalue weighted by Gasteiger charge is -2.21. The number of carbonyl (C=O) groups is 1. The first-order valence-corrected chi connectivity index (χ1v) is 10.9. The van der Waals surface area contributed by atoms with Crippen molar-refractivity contribution in [2.24, 2.45) is 0 Å². The van der Waals surface area contributed by atoms with Gasteiger partial charge in [0.2, 0.25) is 15.9 Å². The van der Waals surface area contributed by atoms with Gasteiger partial charge in [0.15, 0.2) is 5.82 Å². The van der Waals surface area contributed by atoms with Crippen LogP contribution in [0.4, 0.5) is 9.18 Å². The summed E-state index contributed by atoms with van der Waals surface area (Å²) in [7, 11) is -3.98. The van der Waals surface area contributed by atoms with Crippen LogP contribution in [0.1, 0.15) is 35.7 Å². The molecule has 0 unspecified atom stereocenters. The largest absolute Gasteiger partial charge is 0.465 e. The Hall–Kier alpha value is -3.31. The van der Waals surface area contributed by atoms with Gasteiger partial charge in [-0.25, -0.2) is 17.6 Å². The number of nitrogens with one attached hydrogen (secondary N) is 1. The van der Waals surface area contributed by atoms with Crippen molar-refractivity contribution in [3.05, 3.63) is 77.7 Å². The zero-order valence-electron chi connectivity index (χ0n) is 16.2. The smallest absolute Gasteiger partial charge is 0.405 e. The fourth-order valence-electron chi connectivity index (χ4n) is 3.63. The molecule has 0 saturated carbocycles. The van der Waals surface area contributed by atoms with Gasteiger partial charge in [-0.1, -0.05) is 35.5 Å². The fourth-order valence-corrected chi connectivity index (χ4v) is 5.27. The number of carboxylic acid groups (broad SMARTS) is 1. The first kappa shape index (κ1) is 20.9. The predicted molar refractivity (Wildman–Crippen MR) is 106 cm³/mol. The van der Waals surface area contributed by atoms with E-state index in [1.54, 1.807) is 0 Å². The highest BCUT2D eigenvalue weighted by atomic mass is 32.2. The lowest BCUT2D eigenvalue weighted by atomic mass is 9.96. The zero-order chi connectivity index (χ0) is 22.0. The molecule has 2 heterocycles. The molecule has 1 saturated heterocycles. The van der Waals surface area contributed by atoms with E-state index in [1.165, 1.54) is 16.4 Å². The number of halogens is 1. The maximum Gasteiger partial charge on any atom is 0.405 e. The number of nitrogens with zero attached hydrogens (tertiary/aromatic N) is 3. The first-order valence-electron chi connectivity index (χ1n) is 9.46. The molecule has 4 rings (SSSR count). The number of benzene rings is 2. The van der Waals surface area contributed by atoms with Crippen LogP contribution in [-0.2, 0) is 16.6 Å². The monoisotopic (exact) mass is 446 g/mol. The van der Waals surface area contributed by atoms with Crippen molar-refractivity contribution in [2.45, 2.75) is 29.8 Å². The van der Waals surface area contributed by atoms with E-state index in [9.17, 15) is 17.6 Å². The molecule has 11 heteroatoms. The van der Waals surface area contributed by atoms with Crippen LogP contribution >= 0.6 is 0 Å². The number of hydrogen-bond acceptors (Lipinski definition) is 6. The third kappa shape index (κ3) is 4.42. The Labute approximate surface area is 177 Å². The Morgan fingerprint density at radius 1 is 1.19 bits per heavy atom. The second kappa shape index (κ2) is 8.44. The van der Waals surface area contributed by atoms with Gasteiger partial charge in [-0.3, -0.25) is 0 Å². The van der Waals surface area contributed by atoms with Gasteiger partial charge >= 0.3 is 6.09 Å². The molecule has 1 fully saturated rings. The van der Waals surface area contributed by atoms with Gasteiger partial charge in [0.25, 0.3) is 0 Å². The van der Waals surface area contributed by atoms with Crippen LogP contribution in [0.2, 0.25) is 0 Å². The summed E-state index contributed by atoms with van der Waals surface area (Å²) in [5, 5.41) is 14.6. The van der Waals surface area contributed by atoms with Gasteiger partial charge in [-0.05, 0) is 42.2 Å². The van der Waals surface area contributed by atoms with Crippen molar-refractivity contribution in [1.82, 2.24) is 19.8 Å². The Bertz CT molecular complexity index is 1170. The maximum atomic E-state index is 13.4. The average Bonchev–Trinajstić information content (AvgIpc) is 3.41. The molecule has 0 aliphatic carbocycles. The van der Waals surface area contributed by atoms with Crippen LogP contribution in [0.3, 0.4) is 0 Å². The van der Waals surface area contributed by atoms with E-state index in [2.05, 4.69) is 15.5 Å². The lowest BCUT2D eigenvalue weighted by Crippen LogP contribution is -2.31. The van der Waals surface area contributed by atoms with Crippen LogP contribution in [0.15, 0.2) is 64.0 Å². The molecule has 1 amide bonds. The highest BCUT2D eigenvalue weighted by molar-refractivity contribution is 7.89. The summed E-state index contributed by atoms with van der Waals surface area (Å²) in [4.78, 5) is 14.8. The van der Waals surface area contributed by atoms with Crippen LogP contribution in [0, 0.1) is 5.82 Å². The summed E-state index contributed by atoms with van der Waals surface area (Å²) >= 11 is 0. The molecule has 0 radical (unpaired) electrons. The highest BCUT2D eigenvalue weighted by Gasteiger charge is 2.44. The number of aromatic nitrogens is 2. The fraction of sp³-hybridized carbons (Fsp3) is 0.250. The molecule has 2 atom stereocenters. The predicted octanol–water partition coefficient (Wildman–Crippen LogP) is 2.90. The third-order valence-electron chi connectivity index (χ3n) is 5.11. The molecule has 3 aromatic rings. The lowest BCUT2D eigenvalue weighted by molar-refractivity contribution is 0.193. The molecule has 0 spiro atoms. The van der Waals surface area contributed by atoms with E-state index in [-0.39, 0.29) is 35.6 Å². The van der Waals surface area contributed by atoms with Gasteiger partial charge in [-0.2, -0.15) is 9.29 Å². The van der Waals surface area contributed by atoms with Crippen LogP contribution < -0.4 is 5.32 Å². The summed E-state index contributed by atoms with van der Waals surface area (Å²) in [6.45, 7) is 0.0118. The van der Waals surface area contributed by atoms with Crippen molar-refractivity contribution >= 4 is 16.1 Å². The van der Waals surface area contributed by atoms with Crippen LogP contribution in [0.25, 0.3) is 0 Å². The number of hydrogen-bond donors (Lipinski definition) is 2. The molecule has 2 N–H and O–H groups in total. The molecule has 1 aromatic heterocycles. The van der Waals surface area contributed by atoms with E-state index in [1.807, 2.05) is 30.3 Å². The van der Waals surface area contributed by atoms with E-state index in [0.29, 0.717) is 6.42 Å². The Kier molecular flexibility index (Phi) is 5.70. The minimum absolute atomic E-state index is 0.0418. The minimum Gasteiger partial charge on any atom is -0.465 e. The summed E-state index contributed by atoms with van der Waals surface area (Å²) in [5.74, 6) is -0.480. The second-order valence-corrected chi connectivity index (χ2v) is 8.99. The Balaban J connectivity index is 1.68. The molecule has 1 aliphatic rings. The molecule has 2 aromatic carbocycles. The summed E-state index contributed by atoms with van der Waals surface area (Å²) in [6, 6.07) is 13.4. The summed E-state index contributed by atoms with van der Waals surface area (Å²) in [5.41, 5.74) is 0.969. The van der Waals surface area contributed by atoms with Gasteiger partial charge in [0.05, 0.1) is 11.4 Å². The van der Waals surface area contributed by atoms with Crippen molar-refractivity contribution in [3.63, 3.8) is 0 Å². The van der Waals surface area contributed by atoms with Crippen LogP contribution in [0.5, 0.6) is 0 Å². The number of sulfonamides is 1. The van der Waals surface area contributed by atoms with Crippen molar-refractivity contribution in [2.75, 3.05) is 6.54 Å². The zero-order valence-corrected chi connectivity index (χ0v) is 17.0. The van der Waals surface area contributed by atoms with E-state index in [4.69, 9.17) is 9.63 Å².